The number of allylic oxidation sites excluding steroid dienone is 1. The van der Waals surface area contributed by atoms with Gasteiger partial charge in [-0.25, -0.2) is 13.2 Å². The topological polar surface area (TPSA) is 83.0 Å². The van der Waals surface area contributed by atoms with Gasteiger partial charge in [0.05, 0.1) is 0 Å². The van der Waals surface area contributed by atoms with Gasteiger partial charge in [0, 0.05) is 12.0 Å². The molecule has 3 N–H and O–H groups in total. The van der Waals surface area contributed by atoms with Crippen LogP contribution in [0, 0.1) is 0 Å². The van der Waals surface area contributed by atoms with E-state index in [2.05, 4.69) is 15.0 Å². The van der Waals surface area contributed by atoms with Crippen molar-refractivity contribution in [2.24, 2.45) is 0 Å². The van der Waals surface area contributed by atoms with Crippen LogP contribution in [0.5, 0.6) is 0 Å². The van der Waals surface area contributed by atoms with Crippen molar-refractivity contribution < 1.29 is 44.6 Å². The molecule has 3 atom stereocenters. The van der Waals surface area contributed by atoms with Crippen molar-refractivity contribution in [2.45, 2.75) is 62.5 Å². The summed E-state index contributed by atoms with van der Waals surface area (Å²) in [6, 6.07) is -4.56. The maximum atomic E-state index is 14.5. The Kier molecular flexibility index (Phi) is 6.47. The summed E-state index contributed by atoms with van der Waals surface area (Å²) in [5, 5.41) is 13.2. The molecule has 16 heteroatoms. The van der Waals surface area contributed by atoms with E-state index in [1.54, 1.807) is 10.6 Å². The third kappa shape index (κ3) is 5.33. The summed E-state index contributed by atoms with van der Waals surface area (Å²) in [7, 11) is 4.95. The van der Waals surface area contributed by atoms with E-state index in [-0.39, 0.29) is 0 Å². The minimum absolute atomic E-state index is 0.647. The quantitative estimate of drug-likeness (QED) is 0.458. The fraction of sp³-hybridized carbons (Fsp3) is 0.667. The Balaban J connectivity index is 2.56. The predicted octanol–water partition coefficient (Wildman–Crippen LogP) is 3.56. The molecule has 6 nitrogen and oxygen atoms in total. The van der Waals surface area contributed by atoms with Crippen LogP contribution in [0.3, 0.4) is 0 Å². The zero-order chi connectivity index (χ0) is 24.0. The number of anilines is 2. The number of nitrogens with one attached hydrogen (secondary N) is 2. The Bertz CT molecular complexity index is 816. The number of rotatable bonds is 5. The van der Waals surface area contributed by atoms with Crippen LogP contribution in [0.15, 0.2) is 5.83 Å². The summed E-state index contributed by atoms with van der Waals surface area (Å²) in [5.41, 5.74) is -4.59. The average molecular weight is 463 g/mol. The summed E-state index contributed by atoms with van der Waals surface area (Å²) in [6.45, 7) is 1.29. The molecule has 31 heavy (non-hydrogen) atoms. The van der Waals surface area contributed by atoms with E-state index < -0.39 is 77.8 Å². The number of aliphatic hydroxyl groups is 1. The molecule has 1 heterocycles. The zero-order valence-corrected chi connectivity index (χ0v) is 15.8. The van der Waals surface area contributed by atoms with Crippen LogP contribution < -0.4 is 10.6 Å². The molecule has 0 aliphatic heterocycles. The summed E-state index contributed by atoms with van der Waals surface area (Å²) in [4.78, 5) is 10.4. The third-order valence-electron chi connectivity index (χ3n) is 4.42. The van der Waals surface area contributed by atoms with E-state index in [0.717, 1.165) is 0 Å². The SMILES string of the molecule is [B]C1(O)C(F)=C(c2nc(N[C@H](C)C(F)(F)F)nc(N[C@H](C)C(F)(F)F)n2)CCC1(F)F. The van der Waals surface area contributed by atoms with E-state index >= 15 is 0 Å². The molecule has 0 aromatic carbocycles. The molecule has 0 saturated heterocycles. The maximum absolute atomic E-state index is 14.5. The molecule has 172 valence electrons. The third-order valence-corrected chi connectivity index (χ3v) is 4.42. The second kappa shape index (κ2) is 8.02. The smallest absolute Gasteiger partial charge is 0.387 e. The minimum Gasteiger partial charge on any atom is -0.387 e. The fourth-order valence-electron chi connectivity index (χ4n) is 2.37. The Morgan fingerprint density at radius 2 is 1.35 bits per heavy atom. The molecule has 0 fully saturated rings. The van der Waals surface area contributed by atoms with Gasteiger partial charge in [0.2, 0.25) is 11.9 Å². The lowest BCUT2D eigenvalue weighted by Gasteiger charge is -2.36. The monoisotopic (exact) mass is 463 g/mol. The standard InChI is InChI=1S/C15H15BF9N5O/c1-5(14(20,21)22)26-10-28-9(29-11(30-10)27-6(2)15(23,24)25)7-3-4-12(18,19)13(16,31)8(7)17/h5-6,31H,3-4H2,1-2H3,(H2,26,27,28,29,30)/t5-,6-,13?/m1/s1. The predicted molar refractivity (Wildman–Crippen MR) is 91.0 cm³/mol. The fourth-order valence-corrected chi connectivity index (χ4v) is 2.37. The van der Waals surface area contributed by atoms with Crippen molar-refractivity contribution in [2.75, 3.05) is 10.6 Å². The largest absolute Gasteiger partial charge is 0.408 e. The summed E-state index contributed by atoms with van der Waals surface area (Å²) >= 11 is 0. The minimum atomic E-state index is -4.81. The Labute approximate surface area is 170 Å². The van der Waals surface area contributed by atoms with Gasteiger partial charge in [-0.2, -0.15) is 41.3 Å². The van der Waals surface area contributed by atoms with E-state index in [1.807, 2.05) is 0 Å². The van der Waals surface area contributed by atoms with Gasteiger partial charge in [0.1, 0.15) is 31.3 Å². The van der Waals surface area contributed by atoms with Crippen molar-refractivity contribution in [3.8, 4) is 0 Å². The van der Waals surface area contributed by atoms with E-state index in [9.17, 15) is 44.6 Å². The highest BCUT2D eigenvalue weighted by Crippen LogP contribution is 2.46. The molecule has 1 unspecified atom stereocenters. The van der Waals surface area contributed by atoms with E-state index in [1.165, 1.54) is 0 Å². The molecule has 0 spiro atoms. The van der Waals surface area contributed by atoms with Crippen molar-refractivity contribution in [1.29, 1.82) is 0 Å². The second-order valence-corrected chi connectivity index (χ2v) is 6.88. The molecule has 1 aliphatic rings. The molecular weight excluding hydrogens is 448 g/mol. The van der Waals surface area contributed by atoms with Gasteiger partial charge in [0.25, 0.3) is 5.92 Å². The summed E-state index contributed by atoms with van der Waals surface area (Å²) < 4.78 is 119. The Morgan fingerprint density at radius 1 is 0.935 bits per heavy atom. The number of alkyl halides is 8. The van der Waals surface area contributed by atoms with E-state index in [4.69, 9.17) is 7.85 Å². The molecule has 1 aromatic heterocycles. The van der Waals surface area contributed by atoms with Crippen LogP contribution in [0.1, 0.15) is 32.5 Å². The number of nitrogens with zero attached hydrogens (tertiary/aromatic N) is 3. The lowest BCUT2D eigenvalue weighted by Crippen LogP contribution is -2.51. The van der Waals surface area contributed by atoms with Crippen molar-refractivity contribution in [1.82, 2.24) is 15.0 Å². The second-order valence-electron chi connectivity index (χ2n) is 6.88. The Morgan fingerprint density at radius 3 is 1.74 bits per heavy atom. The van der Waals surface area contributed by atoms with Crippen LogP contribution in [-0.2, 0) is 0 Å². The van der Waals surface area contributed by atoms with Crippen LogP contribution in [0.25, 0.3) is 5.57 Å². The first-order valence-electron chi connectivity index (χ1n) is 8.57. The molecule has 0 amide bonds. The van der Waals surface area contributed by atoms with Gasteiger partial charge in [0.15, 0.2) is 5.82 Å². The van der Waals surface area contributed by atoms with Gasteiger partial charge in [-0.1, -0.05) is 0 Å². The molecule has 2 radical (unpaired) electrons. The molecule has 2 rings (SSSR count). The number of hydrogen-bond donors (Lipinski definition) is 3. The van der Waals surface area contributed by atoms with Gasteiger partial charge < -0.3 is 15.7 Å². The Hall–Kier alpha value is -2.26. The highest BCUT2D eigenvalue weighted by atomic mass is 19.4. The van der Waals surface area contributed by atoms with Gasteiger partial charge in [-0.15, -0.1) is 0 Å². The normalized spacial score (nSPS) is 24.0. The first-order valence-corrected chi connectivity index (χ1v) is 8.57. The lowest BCUT2D eigenvalue weighted by molar-refractivity contribution is -0.139. The van der Waals surface area contributed by atoms with Gasteiger partial charge >= 0.3 is 12.4 Å². The number of hydrogen-bond acceptors (Lipinski definition) is 6. The maximum Gasteiger partial charge on any atom is 0.408 e. The van der Waals surface area contributed by atoms with Crippen LogP contribution in [0.4, 0.5) is 51.4 Å². The highest BCUT2D eigenvalue weighted by Gasteiger charge is 2.55. The van der Waals surface area contributed by atoms with Gasteiger partial charge in [-0.3, -0.25) is 0 Å². The molecule has 0 bridgehead atoms. The molecule has 1 aromatic rings. The van der Waals surface area contributed by atoms with E-state index in [0.29, 0.717) is 13.8 Å². The lowest BCUT2D eigenvalue weighted by atomic mass is 9.68. The molecular formula is C15H15BF9N5O. The van der Waals surface area contributed by atoms with Crippen LogP contribution in [-0.4, -0.2) is 63.8 Å². The zero-order valence-electron chi connectivity index (χ0n) is 15.8. The first-order chi connectivity index (χ1) is 13.9. The van der Waals surface area contributed by atoms with Gasteiger partial charge in [-0.05, 0) is 20.3 Å². The highest BCUT2D eigenvalue weighted by molar-refractivity contribution is 6.18. The number of halogens is 9. The molecule has 1 aliphatic carbocycles. The first kappa shape index (κ1) is 25.0. The van der Waals surface area contributed by atoms with Crippen molar-refractivity contribution in [3.05, 3.63) is 11.7 Å². The van der Waals surface area contributed by atoms with Crippen LogP contribution in [0.2, 0.25) is 0 Å². The number of aromatic nitrogens is 3. The molecule has 0 saturated carbocycles. The van der Waals surface area contributed by atoms with Crippen molar-refractivity contribution >= 4 is 25.3 Å². The summed E-state index contributed by atoms with van der Waals surface area (Å²) in [6.07, 6.45) is -11.6. The van der Waals surface area contributed by atoms with Crippen molar-refractivity contribution in [3.63, 3.8) is 0 Å². The average Bonchev–Trinajstić information content (AvgIpc) is 2.58. The van der Waals surface area contributed by atoms with Crippen LogP contribution >= 0.6 is 0 Å². The summed E-state index contributed by atoms with van der Waals surface area (Å²) in [5.74, 6) is -8.76.